The zero-order chi connectivity index (χ0) is 7.97. The van der Waals surface area contributed by atoms with Crippen molar-refractivity contribution in [2.75, 3.05) is 0 Å². The van der Waals surface area contributed by atoms with Gasteiger partial charge in [-0.2, -0.15) is 0 Å². The van der Waals surface area contributed by atoms with Crippen molar-refractivity contribution in [3.05, 3.63) is 23.0 Å². The second-order valence-corrected chi connectivity index (χ2v) is 4.07. The van der Waals surface area contributed by atoms with Crippen molar-refractivity contribution in [2.24, 2.45) is 0 Å². The van der Waals surface area contributed by atoms with Crippen molar-refractivity contribution in [3.63, 3.8) is 0 Å². The van der Waals surface area contributed by atoms with Gasteiger partial charge in [-0.25, -0.2) is 0 Å². The fourth-order valence-corrected chi connectivity index (χ4v) is 2.73. The van der Waals surface area contributed by atoms with E-state index in [1.54, 1.807) is 17.0 Å². The number of fused-ring (bicyclic) bond motifs is 3. The Labute approximate surface area is 73.4 Å². The Hall–Kier alpha value is -0.720. The average Bonchev–Trinajstić information content (AvgIpc) is 2.62. The van der Waals surface area contributed by atoms with Gasteiger partial charge in [0.25, 0.3) is 0 Å². The number of hydrogen-bond acceptors (Lipinski definition) is 0. The van der Waals surface area contributed by atoms with E-state index in [4.69, 9.17) is 0 Å². The van der Waals surface area contributed by atoms with Crippen molar-refractivity contribution >= 4 is 0 Å². The molecule has 1 aliphatic heterocycles. The number of aromatic nitrogens is 1. The summed E-state index contributed by atoms with van der Waals surface area (Å²) in [5.74, 6) is 0. The fourth-order valence-electron chi connectivity index (χ4n) is 2.73. The maximum absolute atomic E-state index is 2.58. The van der Waals surface area contributed by atoms with E-state index >= 15 is 0 Å². The largest absolute Gasteiger partial charge is 0.348 e. The van der Waals surface area contributed by atoms with Crippen LogP contribution in [0.15, 0.2) is 6.07 Å². The minimum Gasteiger partial charge on any atom is -0.348 e. The molecule has 3 rings (SSSR count). The summed E-state index contributed by atoms with van der Waals surface area (Å²) >= 11 is 0. The number of aryl methyl sites for hydroxylation is 2. The average molecular weight is 161 g/mol. The molecule has 0 unspecified atom stereocenters. The first-order chi connectivity index (χ1) is 5.95. The molecule has 1 nitrogen and oxygen atoms in total. The van der Waals surface area contributed by atoms with Gasteiger partial charge in [-0.15, -0.1) is 0 Å². The minimum atomic E-state index is 1.30. The zero-order valence-corrected chi connectivity index (χ0v) is 7.47. The summed E-state index contributed by atoms with van der Waals surface area (Å²) in [6.07, 6.45) is 8.22. The van der Waals surface area contributed by atoms with E-state index in [1.165, 1.54) is 45.1 Å². The third-order valence-corrected chi connectivity index (χ3v) is 3.31. The molecule has 0 radical (unpaired) electrons. The van der Waals surface area contributed by atoms with Gasteiger partial charge in [-0.05, 0) is 50.2 Å². The van der Waals surface area contributed by atoms with Gasteiger partial charge in [-0.3, -0.25) is 0 Å². The summed E-state index contributed by atoms with van der Waals surface area (Å²) in [5.41, 5.74) is 4.95. The maximum Gasteiger partial charge on any atom is 0.0228 e. The van der Waals surface area contributed by atoms with Crippen LogP contribution >= 0.6 is 0 Å². The van der Waals surface area contributed by atoms with E-state index in [0.717, 1.165) is 0 Å². The molecule has 0 saturated carbocycles. The van der Waals surface area contributed by atoms with Gasteiger partial charge in [-0.1, -0.05) is 0 Å². The molecule has 0 bridgehead atoms. The van der Waals surface area contributed by atoms with Crippen molar-refractivity contribution in [1.82, 2.24) is 4.57 Å². The summed E-state index contributed by atoms with van der Waals surface area (Å²) in [7, 11) is 0. The Morgan fingerprint density at radius 3 is 2.92 bits per heavy atom. The highest BCUT2D eigenvalue weighted by Crippen LogP contribution is 2.28. The molecule has 2 heterocycles. The van der Waals surface area contributed by atoms with E-state index in [9.17, 15) is 0 Å². The molecular weight excluding hydrogens is 146 g/mol. The molecule has 2 aliphatic rings. The fraction of sp³-hybridized carbons (Fsp3) is 0.636. The maximum atomic E-state index is 2.58. The lowest BCUT2D eigenvalue weighted by atomic mass is 9.97. The molecule has 0 fully saturated rings. The van der Waals surface area contributed by atoms with Crippen molar-refractivity contribution in [2.45, 2.75) is 45.1 Å². The molecule has 0 amide bonds. The van der Waals surface area contributed by atoms with E-state index in [1.807, 2.05) is 0 Å². The molecule has 64 valence electrons. The molecule has 0 N–H and O–H groups in total. The second kappa shape index (κ2) is 2.38. The molecule has 1 heteroatoms. The van der Waals surface area contributed by atoms with Crippen LogP contribution in [-0.4, -0.2) is 4.57 Å². The van der Waals surface area contributed by atoms with Gasteiger partial charge in [0.1, 0.15) is 0 Å². The first kappa shape index (κ1) is 6.76. The van der Waals surface area contributed by atoms with Gasteiger partial charge in [0.15, 0.2) is 0 Å². The molecule has 0 atom stereocenters. The summed E-state index contributed by atoms with van der Waals surface area (Å²) in [5, 5.41) is 0. The number of hydrogen-bond donors (Lipinski definition) is 0. The summed E-state index contributed by atoms with van der Waals surface area (Å²) in [6.45, 7) is 1.30. The van der Waals surface area contributed by atoms with Crippen LogP contribution in [0.3, 0.4) is 0 Å². The lowest BCUT2D eigenvalue weighted by molar-refractivity contribution is 0.620. The van der Waals surface area contributed by atoms with Crippen molar-refractivity contribution in [3.8, 4) is 0 Å². The highest BCUT2D eigenvalue weighted by atomic mass is 15.0. The number of nitrogens with zero attached hydrogens (tertiary/aromatic N) is 1. The van der Waals surface area contributed by atoms with Gasteiger partial charge < -0.3 is 4.57 Å². The molecular formula is C11H15N. The van der Waals surface area contributed by atoms with Crippen LogP contribution in [0.4, 0.5) is 0 Å². The Balaban J connectivity index is 2.14. The van der Waals surface area contributed by atoms with Gasteiger partial charge >= 0.3 is 0 Å². The normalized spacial score (nSPS) is 20.7. The molecule has 0 spiro atoms. The van der Waals surface area contributed by atoms with Gasteiger partial charge in [0, 0.05) is 17.9 Å². The summed E-state index contributed by atoms with van der Waals surface area (Å²) in [6, 6.07) is 2.46. The predicted octanol–water partition coefficient (Wildman–Crippen LogP) is 2.31. The van der Waals surface area contributed by atoms with Crippen molar-refractivity contribution < 1.29 is 0 Å². The Kier molecular flexibility index (Phi) is 1.34. The third-order valence-electron chi connectivity index (χ3n) is 3.31. The lowest BCUT2D eigenvalue weighted by Crippen LogP contribution is -2.06. The smallest absolute Gasteiger partial charge is 0.0228 e. The Bertz CT molecular complexity index is 309. The highest BCUT2D eigenvalue weighted by Gasteiger charge is 2.20. The van der Waals surface area contributed by atoms with Crippen LogP contribution in [0, 0.1) is 0 Å². The second-order valence-electron chi connectivity index (χ2n) is 4.07. The minimum absolute atomic E-state index is 1.30. The molecule has 0 aromatic carbocycles. The summed E-state index contributed by atoms with van der Waals surface area (Å²) < 4.78 is 2.58. The molecule has 12 heavy (non-hydrogen) atoms. The first-order valence-electron chi connectivity index (χ1n) is 5.15. The van der Waals surface area contributed by atoms with E-state index in [2.05, 4.69) is 10.6 Å². The Morgan fingerprint density at radius 2 is 1.92 bits per heavy atom. The third kappa shape index (κ3) is 0.796. The zero-order valence-electron chi connectivity index (χ0n) is 7.47. The van der Waals surface area contributed by atoms with Crippen LogP contribution in [-0.2, 0) is 25.8 Å². The molecule has 1 aromatic heterocycles. The van der Waals surface area contributed by atoms with E-state index < -0.39 is 0 Å². The highest BCUT2D eigenvalue weighted by molar-refractivity contribution is 5.31. The van der Waals surface area contributed by atoms with Crippen molar-refractivity contribution in [1.29, 1.82) is 0 Å². The SMILES string of the molecule is c1c2c(n3c1CCC3)CCCC2. The quantitative estimate of drug-likeness (QED) is 0.550. The van der Waals surface area contributed by atoms with Crippen LogP contribution < -0.4 is 0 Å². The summed E-state index contributed by atoms with van der Waals surface area (Å²) in [4.78, 5) is 0. The Morgan fingerprint density at radius 1 is 1.00 bits per heavy atom. The van der Waals surface area contributed by atoms with Crippen LogP contribution in [0.1, 0.15) is 36.2 Å². The van der Waals surface area contributed by atoms with Gasteiger partial charge in [0.05, 0.1) is 0 Å². The molecule has 1 aliphatic carbocycles. The number of rotatable bonds is 0. The predicted molar refractivity (Wildman–Crippen MR) is 49.4 cm³/mol. The van der Waals surface area contributed by atoms with E-state index in [-0.39, 0.29) is 0 Å². The standard InChI is InChI=1S/C11H15N/c1-2-6-11-9(4-1)8-10-5-3-7-12(10)11/h8H,1-7H2. The molecule has 0 saturated heterocycles. The lowest BCUT2D eigenvalue weighted by Gasteiger charge is -2.13. The first-order valence-corrected chi connectivity index (χ1v) is 5.15. The van der Waals surface area contributed by atoms with Gasteiger partial charge in [0.2, 0.25) is 0 Å². The van der Waals surface area contributed by atoms with E-state index in [0.29, 0.717) is 0 Å². The van der Waals surface area contributed by atoms with Crippen LogP contribution in [0.5, 0.6) is 0 Å². The topological polar surface area (TPSA) is 4.93 Å². The van der Waals surface area contributed by atoms with Crippen LogP contribution in [0.25, 0.3) is 0 Å². The van der Waals surface area contributed by atoms with Crippen LogP contribution in [0.2, 0.25) is 0 Å². The monoisotopic (exact) mass is 161 g/mol. The molecule has 1 aromatic rings.